The van der Waals surface area contributed by atoms with Crippen LogP contribution in [0, 0.1) is 6.92 Å². The largest absolute Gasteiger partial charge is 0.399 e. The summed E-state index contributed by atoms with van der Waals surface area (Å²) in [5, 5.41) is 7.64. The van der Waals surface area contributed by atoms with Gasteiger partial charge in [0, 0.05) is 5.69 Å². The van der Waals surface area contributed by atoms with Gasteiger partial charge >= 0.3 is 0 Å². The van der Waals surface area contributed by atoms with Gasteiger partial charge < -0.3 is 11.1 Å². The standard InChI is InChI=1S/C12H12Cl2N4O/c1-7-10(14)5-16-18(7)6-12(19)17-11-4-8(15)2-3-9(11)13/h2-5H,6,15H2,1H3,(H,17,19). The number of nitrogen functional groups attached to an aromatic ring is 1. The lowest BCUT2D eigenvalue weighted by Crippen LogP contribution is -2.20. The molecule has 0 radical (unpaired) electrons. The monoisotopic (exact) mass is 298 g/mol. The lowest BCUT2D eigenvalue weighted by molar-refractivity contribution is -0.116. The van der Waals surface area contributed by atoms with Crippen molar-refractivity contribution >= 4 is 40.5 Å². The fourth-order valence-electron chi connectivity index (χ4n) is 1.55. The zero-order valence-corrected chi connectivity index (χ0v) is 11.7. The van der Waals surface area contributed by atoms with Gasteiger partial charge in [-0.1, -0.05) is 23.2 Å². The molecule has 0 saturated carbocycles. The predicted molar refractivity (Wildman–Crippen MR) is 76.5 cm³/mol. The van der Waals surface area contributed by atoms with E-state index in [1.165, 1.54) is 10.9 Å². The summed E-state index contributed by atoms with van der Waals surface area (Å²) in [6.07, 6.45) is 1.50. The summed E-state index contributed by atoms with van der Waals surface area (Å²) in [4.78, 5) is 11.9. The minimum Gasteiger partial charge on any atom is -0.399 e. The molecule has 0 spiro atoms. The Morgan fingerprint density at radius 2 is 2.16 bits per heavy atom. The summed E-state index contributed by atoms with van der Waals surface area (Å²) in [6, 6.07) is 4.89. The molecule has 2 rings (SSSR count). The molecule has 0 bridgehead atoms. The van der Waals surface area contributed by atoms with Crippen molar-refractivity contribution in [2.45, 2.75) is 13.5 Å². The molecule has 3 N–H and O–H groups in total. The molecule has 0 aliphatic heterocycles. The lowest BCUT2D eigenvalue weighted by atomic mass is 10.3. The van der Waals surface area contributed by atoms with E-state index in [1.54, 1.807) is 25.1 Å². The van der Waals surface area contributed by atoms with Crippen molar-refractivity contribution in [3.05, 3.63) is 40.1 Å². The molecular weight excluding hydrogens is 287 g/mol. The van der Waals surface area contributed by atoms with Crippen molar-refractivity contribution in [2.75, 3.05) is 11.1 Å². The Morgan fingerprint density at radius 1 is 1.42 bits per heavy atom. The molecule has 1 amide bonds. The van der Waals surface area contributed by atoms with Gasteiger partial charge in [0.05, 0.1) is 27.6 Å². The molecule has 100 valence electrons. The average Bonchev–Trinajstić information content (AvgIpc) is 2.66. The van der Waals surface area contributed by atoms with Crippen molar-refractivity contribution in [2.24, 2.45) is 0 Å². The molecule has 2 aromatic rings. The van der Waals surface area contributed by atoms with Crippen LogP contribution >= 0.6 is 23.2 Å². The van der Waals surface area contributed by atoms with Crippen molar-refractivity contribution < 1.29 is 4.79 Å². The third-order valence-electron chi connectivity index (χ3n) is 2.60. The smallest absolute Gasteiger partial charge is 0.246 e. The van der Waals surface area contributed by atoms with E-state index in [9.17, 15) is 4.79 Å². The van der Waals surface area contributed by atoms with Crippen LogP contribution in [0.2, 0.25) is 10.0 Å². The Hall–Kier alpha value is -1.72. The quantitative estimate of drug-likeness (QED) is 0.856. The molecule has 0 unspecified atom stereocenters. The highest BCUT2D eigenvalue weighted by atomic mass is 35.5. The normalized spacial score (nSPS) is 10.5. The number of carbonyl (C=O) groups is 1. The first kappa shape index (κ1) is 13.7. The van der Waals surface area contributed by atoms with Crippen LogP contribution in [0.3, 0.4) is 0 Å². The van der Waals surface area contributed by atoms with Crippen LogP contribution in [0.25, 0.3) is 0 Å². The fraction of sp³-hybridized carbons (Fsp3) is 0.167. The van der Waals surface area contributed by atoms with E-state index in [0.29, 0.717) is 21.4 Å². The van der Waals surface area contributed by atoms with Gasteiger partial charge in [-0.25, -0.2) is 0 Å². The van der Waals surface area contributed by atoms with Gasteiger partial charge in [-0.15, -0.1) is 0 Å². The number of carbonyl (C=O) groups excluding carboxylic acids is 1. The first-order valence-electron chi connectivity index (χ1n) is 5.50. The molecule has 7 heteroatoms. The van der Waals surface area contributed by atoms with Gasteiger partial charge in [-0.05, 0) is 25.1 Å². The van der Waals surface area contributed by atoms with Gasteiger partial charge in [0.15, 0.2) is 0 Å². The first-order chi connectivity index (χ1) is 8.97. The third kappa shape index (κ3) is 3.19. The Morgan fingerprint density at radius 3 is 2.79 bits per heavy atom. The number of amides is 1. The molecule has 1 aromatic carbocycles. The summed E-state index contributed by atoms with van der Waals surface area (Å²) in [7, 11) is 0. The molecule has 5 nitrogen and oxygen atoms in total. The number of nitrogens with one attached hydrogen (secondary N) is 1. The first-order valence-corrected chi connectivity index (χ1v) is 6.25. The molecule has 0 aliphatic rings. The van der Waals surface area contributed by atoms with Gasteiger partial charge in [0.1, 0.15) is 6.54 Å². The summed E-state index contributed by atoms with van der Waals surface area (Å²) in [5.74, 6) is -0.254. The number of nitrogens with zero attached hydrogens (tertiary/aromatic N) is 2. The number of rotatable bonds is 3. The van der Waals surface area contributed by atoms with Crippen LogP contribution in [0.1, 0.15) is 5.69 Å². The van der Waals surface area contributed by atoms with E-state index >= 15 is 0 Å². The van der Waals surface area contributed by atoms with Crippen LogP contribution in [0.4, 0.5) is 11.4 Å². The maximum absolute atomic E-state index is 11.9. The van der Waals surface area contributed by atoms with Gasteiger partial charge in [0.25, 0.3) is 0 Å². The predicted octanol–water partition coefficient (Wildman–Crippen LogP) is 2.72. The number of anilines is 2. The van der Waals surface area contributed by atoms with Crippen molar-refractivity contribution in [1.82, 2.24) is 9.78 Å². The van der Waals surface area contributed by atoms with Crippen LogP contribution in [-0.2, 0) is 11.3 Å². The molecule has 1 aromatic heterocycles. The zero-order chi connectivity index (χ0) is 14.0. The number of hydrogen-bond acceptors (Lipinski definition) is 3. The molecule has 19 heavy (non-hydrogen) atoms. The van der Waals surface area contributed by atoms with Crippen LogP contribution in [0.5, 0.6) is 0 Å². The van der Waals surface area contributed by atoms with Crippen LogP contribution < -0.4 is 11.1 Å². The number of halogens is 2. The highest BCUT2D eigenvalue weighted by molar-refractivity contribution is 6.33. The van der Waals surface area contributed by atoms with Gasteiger partial charge in [0.2, 0.25) is 5.91 Å². The molecular formula is C12H12Cl2N4O. The highest BCUT2D eigenvalue weighted by Crippen LogP contribution is 2.24. The number of benzene rings is 1. The topological polar surface area (TPSA) is 72.9 Å². The molecule has 0 fully saturated rings. The second-order valence-electron chi connectivity index (χ2n) is 4.02. The van der Waals surface area contributed by atoms with Crippen molar-refractivity contribution in [3.63, 3.8) is 0 Å². The number of aromatic nitrogens is 2. The van der Waals surface area contributed by atoms with Crippen LogP contribution in [-0.4, -0.2) is 15.7 Å². The summed E-state index contributed by atoms with van der Waals surface area (Å²) >= 11 is 11.8. The summed E-state index contributed by atoms with van der Waals surface area (Å²) in [5.41, 5.74) is 7.37. The Bertz CT molecular complexity index is 624. The SMILES string of the molecule is Cc1c(Cl)cnn1CC(=O)Nc1cc(N)ccc1Cl. The van der Waals surface area contributed by atoms with E-state index in [1.807, 2.05) is 0 Å². The van der Waals surface area contributed by atoms with E-state index in [4.69, 9.17) is 28.9 Å². The summed E-state index contributed by atoms with van der Waals surface area (Å²) in [6.45, 7) is 1.85. The lowest BCUT2D eigenvalue weighted by Gasteiger charge is -2.09. The third-order valence-corrected chi connectivity index (χ3v) is 3.30. The number of nitrogens with two attached hydrogens (primary N) is 1. The Kier molecular flexibility index (Phi) is 3.97. The fourth-order valence-corrected chi connectivity index (χ4v) is 1.85. The Balaban J connectivity index is 2.09. The molecule has 1 heterocycles. The minimum atomic E-state index is -0.254. The maximum Gasteiger partial charge on any atom is 0.246 e. The molecule has 0 atom stereocenters. The second kappa shape index (κ2) is 5.50. The van der Waals surface area contributed by atoms with Crippen LogP contribution in [0.15, 0.2) is 24.4 Å². The summed E-state index contributed by atoms with van der Waals surface area (Å²) < 4.78 is 1.51. The second-order valence-corrected chi connectivity index (χ2v) is 4.84. The Labute approximate surface area is 120 Å². The van der Waals surface area contributed by atoms with E-state index in [-0.39, 0.29) is 12.5 Å². The van der Waals surface area contributed by atoms with Gasteiger partial charge in [-0.3, -0.25) is 9.48 Å². The van der Waals surface area contributed by atoms with E-state index in [0.717, 1.165) is 5.69 Å². The van der Waals surface area contributed by atoms with Crippen molar-refractivity contribution in [1.29, 1.82) is 0 Å². The molecule has 0 saturated heterocycles. The minimum absolute atomic E-state index is 0.0592. The molecule has 0 aliphatic carbocycles. The highest BCUT2D eigenvalue weighted by Gasteiger charge is 2.10. The van der Waals surface area contributed by atoms with Crippen molar-refractivity contribution in [3.8, 4) is 0 Å². The average molecular weight is 299 g/mol. The zero-order valence-electron chi connectivity index (χ0n) is 10.2. The van der Waals surface area contributed by atoms with Gasteiger partial charge in [-0.2, -0.15) is 5.10 Å². The number of hydrogen-bond donors (Lipinski definition) is 2. The van der Waals surface area contributed by atoms with E-state index in [2.05, 4.69) is 10.4 Å². The maximum atomic E-state index is 11.9. The van der Waals surface area contributed by atoms with E-state index < -0.39 is 0 Å².